The highest BCUT2D eigenvalue weighted by molar-refractivity contribution is 9.10. The number of hydrogen-bond donors (Lipinski definition) is 1. The molecule has 2 rings (SSSR count). The number of halogens is 1. The Labute approximate surface area is 123 Å². The fourth-order valence-corrected chi connectivity index (χ4v) is 2.80. The number of benzene rings is 1. The van der Waals surface area contributed by atoms with E-state index in [9.17, 15) is 0 Å². The van der Waals surface area contributed by atoms with Crippen LogP contribution in [0.1, 0.15) is 25.3 Å². The van der Waals surface area contributed by atoms with E-state index in [0.29, 0.717) is 12.5 Å². The normalized spacial score (nSPS) is 23.8. The minimum Gasteiger partial charge on any atom is -0.367 e. The van der Waals surface area contributed by atoms with Crippen LogP contribution in [0.4, 0.5) is 5.69 Å². The van der Waals surface area contributed by atoms with E-state index in [1.165, 1.54) is 11.3 Å². The van der Waals surface area contributed by atoms with Gasteiger partial charge in [-0.3, -0.25) is 0 Å². The lowest BCUT2D eigenvalue weighted by Gasteiger charge is -2.31. The Morgan fingerprint density at radius 1 is 1.53 bits per heavy atom. The second kappa shape index (κ2) is 6.40. The van der Waals surface area contributed by atoms with Crippen molar-refractivity contribution in [3.05, 3.63) is 28.2 Å². The third-order valence-corrected chi connectivity index (χ3v) is 4.64. The molecule has 0 aliphatic carbocycles. The highest BCUT2D eigenvalue weighted by Crippen LogP contribution is 2.26. The monoisotopic (exact) mass is 321 g/mol. The van der Waals surface area contributed by atoms with Crippen LogP contribution in [0.15, 0.2) is 22.7 Å². The first-order valence-corrected chi connectivity index (χ1v) is 7.54. The van der Waals surface area contributed by atoms with Gasteiger partial charge in [0.05, 0.1) is 12.5 Å². The number of rotatable bonds is 2. The molecule has 1 aliphatic rings. The first kappa shape index (κ1) is 14.4. The molecule has 0 bridgehead atoms. The first-order valence-electron chi connectivity index (χ1n) is 6.75. The Morgan fingerprint density at radius 3 is 3.00 bits per heavy atom. The van der Waals surface area contributed by atoms with Crippen molar-refractivity contribution in [1.82, 2.24) is 5.32 Å². The van der Waals surface area contributed by atoms with E-state index in [1.807, 2.05) is 0 Å². The van der Waals surface area contributed by atoms with Crippen LogP contribution in [0.3, 0.4) is 0 Å². The van der Waals surface area contributed by atoms with Gasteiger partial charge in [-0.15, -0.1) is 0 Å². The molecule has 3 nitrogen and oxygen atoms in total. The van der Waals surface area contributed by atoms with Gasteiger partial charge in [0.2, 0.25) is 0 Å². The van der Waals surface area contributed by atoms with Crippen LogP contribution in [0.2, 0.25) is 0 Å². The maximum Gasteiger partial charge on any atom is 0.0638 e. The maximum absolute atomic E-state index is 8.90. The van der Waals surface area contributed by atoms with Crippen molar-refractivity contribution in [3.63, 3.8) is 0 Å². The van der Waals surface area contributed by atoms with Gasteiger partial charge in [0, 0.05) is 28.8 Å². The molecule has 1 heterocycles. The number of aryl methyl sites for hydroxylation is 1. The molecule has 2 unspecified atom stereocenters. The summed E-state index contributed by atoms with van der Waals surface area (Å²) < 4.78 is 1.14. The summed E-state index contributed by atoms with van der Waals surface area (Å²) in [5, 5.41) is 12.4. The van der Waals surface area contributed by atoms with Crippen molar-refractivity contribution >= 4 is 21.6 Å². The molecule has 0 radical (unpaired) electrons. The van der Waals surface area contributed by atoms with Crippen molar-refractivity contribution in [2.75, 3.05) is 18.0 Å². The maximum atomic E-state index is 8.90. The highest BCUT2D eigenvalue weighted by Gasteiger charge is 2.23. The van der Waals surface area contributed by atoms with E-state index >= 15 is 0 Å². The van der Waals surface area contributed by atoms with E-state index in [1.54, 1.807) is 0 Å². The smallest absolute Gasteiger partial charge is 0.0638 e. The molecule has 0 aromatic heterocycles. The van der Waals surface area contributed by atoms with Crippen LogP contribution in [0, 0.1) is 18.3 Å². The van der Waals surface area contributed by atoms with E-state index in [2.05, 4.69) is 64.3 Å². The SMILES string of the molecule is Cc1cc(N2CC(CC#N)NCCC2C)ccc1Br. The van der Waals surface area contributed by atoms with Gasteiger partial charge in [-0.05, 0) is 50.6 Å². The lowest BCUT2D eigenvalue weighted by Crippen LogP contribution is -2.40. The quantitative estimate of drug-likeness (QED) is 0.909. The number of nitriles is 1. The average Bonchev–Trinajstić information content (AvgIpc) is 2.56. The summed E-state index contributed by atoms with van der Waals surface area (Å²) in [6.45, 7) is 6.25. The Bertz CT molecular complexity index is 481. The largest absolute Gasteiger partial charge is 0.367 e. The molecule has 19 heavy (non-hydrogen) atoms. The summed E-state index contributed by atoms with van der Waals surface area (Å²) >= 11 is 3.55. The lowest BCUT2D eigenvalue weighted by molar-refractivity contribution is 0.552. The standard InChI is InChI=1S/C15H20BrN3/c1-11-9-14(3-4-15(11)16)19-10-13(5-7-17)18-8-6-12(19)2/h3-4,9,12-13,18H,5-6,8,10H2,1-2H3. The molecule has 1 N–H and O–H groups in total. The molecular formula is C15H20BrN3. The van der Waals surface area contributed by atoms with Gasteiger partial charge in [-0.25, -0.2) is 0 Å². The predicted molar refractivity (Wildman–Crippen MR) is 82.3 cm³/mol. The van der Waals surface area contributed by atoms with Crippen LogP contribution in [0.5, 0.6) is 0 Å². The molecule has 102 valence electrons. The number of nitrogens with one attached hydrogen (secondary N) is 1. The highest BCUT2D eigenvalue weighted by atomic mass is 79.9. The van der Waals surface area contributed by atoms with Crippen molar-refractivity contribution in [2.24, 2.45) is 0 Å². The molecule has 1 aromatic rings. The topological polar surface area (TPSA) is 39.1 Å². The summed E-state index contributed by atoms with van der Waals surface area (Å²) in [6, 6.07) is 9.51. The van der Waals surface area contributed by atoms with Crippen LogP contribution in [0.25, 0.3) is 0 Å². The predicted octanol–water partition coefficient (Wildman–Crippen LogP) is 3.23. The molecule has 1 aromatic carbocycles. The van der Waals surface area contributed by atoms with Crippen LogP contribution < -0.4 is 10.2 Å². The van der Waals surface area contributed by atoms with Crippen molar-refractivity contribution < 1.29 is 0 Å². The molecule has 2 atom stereocenters. The Balaban J connectivity index is 2.23. The summed E-state index contributed by atoms with van der Waals surface area (Å²) in [5.41, 5.74) is 2.50. The van der Waals surface area contributed by atoms with Gasteiger partial charge in [-0.1, -0.05) is 15.9 Å². The molecule has 4 heteroatoms. The van der Waals surface area contributed by atoms with E-state index < -0.39 is 0 Å². The van der Waals surface area contributed by atoms with Crippen LogP contribution in [-0.4, -0.2) is 25.2 Å². The van der Waals surface area contributed by atoms with Crippen LogP contribution >= 0.6 is 15.9 Å². The van der Waals surface area contributed by atoms with E-state index in [4.69, 9.17) is 5.26 Å². The number of hydrogen-bond acceptors (Lipinski definition) is 3. The van der Waals surface area contributed by atoms with Crippen LogP contribution in [-0.2, 0) is 0 Å². The van der Waals surface area contributed by atoms with Gasteiger partial charge < -0.3 is 10.2 Å². The zero-order chi connectivity index (χ0) is 13.8. The zero-order valence-electron chi connectivity index (χ0n) is 11.5. The fraction of sp³-hybridized carbons (Fsp3) is 0.533. The first-order chi connectivity index (χ1) is 9.11. The molecule has 0 spiro atoms. The minimum absolute atomic E-state index is 0.263. The summed E-state index contributed by atoms with van der Waals surface area (Å²) in [6.07, 6.45) is 1.68. The van der Waals surface area contributed by atoms with Gasteiger partial charge in [-0.2, -0.15) is 5.26 Å². The molecular weight excluding hydrogens is 302 g/mol. The molecule has 1 fully saturated rings. The minimum atomic E-state index is 0.263. The second-order valence-electron chi connectivity index (χ2n) is 5.24. The average molecular weight is 322 g/mol. The number of nitrogens with zero attached hydrogens (tertiary/aromatic N) is 2. The summed E-state index contributed by atoms with van der Waals surface area (Å²) in [7, 11) is 0. The molecule has 0 amide bonds. The molecule has 1 aliphatic heterocycles. The second-order valence-corrected chi connectivity index (χ2v) is 6.09. The molecule has 0 saturated carbocycles. The fourth-order valence-electron chi connectivity index (χ4n) is 2.55. The van der Waals surface area contributed by atoms with Crippen molar-refractivity contribution in [3.8, 4) is 6.07 Å². The Morgan fingerprint density at radius 2 is 2.32 bits per heavy atom. The third-order valence-electron chi connectivity index (χ3n) is 3.76. The van der Waals surface area contributed by atoms with Gasteiger partial charge >= 0.3 is 0 Å². The van der Waals surface area contributed by atoms with Gasteiger partial charge in [0.1, 0.15) is 0 Å². The third kappa shape index (κ3) is 3.49. The van der Waals surface area contributed by atoms with Crippen molar-refractivity contribution in [1.29, 1.82) is 5.26 Å². The summed E-state index contributed by atoms with van der Waals surface area (Å²) in [5.74, 6) is 0. The van der Waals surface area contributed by atoms with E-state index in [0.717, 1.165) is 24.0 Å². The lowest BCUT2D eigenvalue weighted by atomic mass is 10.1. The van der Waals surface area contributed by atoms with Gasteiger partial charge in [0.25, 0.3) is 0 Å². The summed E-state index contributed by atoms with van der Waals surface area (Å²) in [4.78, 5) is 2.42. The number of anilines is 1. The van der Waals surface area contributed by atoms with Gasteiger partial charge in [0.15, 0.2) is 0 Å². The van der Waals surface area contributed by atoms with Crippen molar-refractivity contribution in [2.45, 2.75) is 38.8 Å². The Kier molecular flexibility index (Phi) is 4.84. The van der Waals surface area contributed by atoms with E-state index in [-0.39, 0.29) is 6.04 Å². The Hall–Kier alpha value is -1.05. The molecule has 1 saturated heterocycles. The zero-order valence-corrected chi connectivity index (χ0v) is 13.1.